The lowest BCUT2D eigenvalue weighted by Gasteiger charge is -2.39. The molecule has 25 heavy (non-hydrogen) atoms. The van der Waals surface area contributed by atoms with Crippen LogP contribution in [0.3, 0.4) is 0 Å². The fraction of sp³-hybridized carbons (Fsp3) is 0.389. The molecule has 1 N–H and O–H groups in total. The van der Waals surface area contributed by atoms with Crippen LogP contribution in [0.5, 0.6) is 0 Å². The molecule has 3 heterocycles. The number of nitrogens with zero attached hydrogens (tertiary/aromatic N) is 5. The number of piperidine rings is 1. The van der Waals surface area contributed by atoms with Gasteiger partial charge in [0.05, 0.1) is 5.60 Å². The molecule has 0 atom stereocenters. The van der Waals surface area contributed by atoms with Gasteiger partial charge >= 0.3 is 0 Å². The molecule has 1 saturated heterocycles. The zero-order valence-corrected chi connectivity index (χ0v) is 14.8. The molecule has 0 bridgehead atoms. The number of halogens is 1. The van der Waals surface area contributed by atoms with Crippen LogP contribution in [0.4, 0.5) is 5.82 Å². The van der Waals surface area contributed by atoms with E-state index in [0.717, 1.165) is 29.3 Å². The molecular formula is C18H20ClN5O. The molecule has 0 aliphatic carbocycles. The van der Waals surface area contributed by atoms with E-state index in [9.17, 15) is 5.11 Å². The summed E-state index contributed by atoms with van der Waals surface area (Å²) in [5.41, 5.74) is 0.682. The molecule has 4 rings (SSSR count). The normalized spacial score (nSPS) is 17.2. The monoisotopic (exact) mass is 357 g/mol. The van der Waals surface area contributed by atoms with Crippen LogP contribution >= 0.6 is 11.6 Å². The van der Waals surface area contributed by atoms with Gasteiger partial charge in [-0.25, -0.2) is 0 Å². The standard InChI is InChI=1S/C18H20ClN5O/c1-2-15-20-21-16-7-8-17(22-24(15)16)23-11-9-18(25,10-12-23)13-5-3-4-6-14(13)19/h3-8,25H,2,9-12H2,1H3. The summed E-state index contributed by atoms with van der Waals surface area (Å²) in [5.74, 6) is 1.73. The van der Waals surface area contributed by atoms with Gasteiger partial charge in [0.1, 0.15) is 5.82 Å². The van der Waals surface area contributed by atoms with Gasteiger partial charge in [-0.3, -0.25) is 0 Å². The van der Waals surface area contributed by atoms with Gasteiger partial charge in [-0.1, -0.05) is 36.7 Å². The number of benzene rings is 1. The van der Waals surface area contributed by atoms with E-state index in [1.165, 1.54) is 0 Å². The minimum absolute atomic E-state index is 0.610. The predicted molar refractivity (Wildman–Crippen MR) is 97.0 cm³/mol. The van der Waals surface area contributed by atoms with Gasteiger partial charge < -0.3 is 10.0 Å². The first-order chi connectivity index (χ1) is 12.1. The van der Waals surface area contributed by atoms with Crippen LogP contribution in [0, 0.1) is 0 Å². The summed E-state index contributed by atoms with van der Waals surface area (Å²) in [4.78, 5) is 2.18. The lowest BCUT2D eigenvalue weighted by atomic mass is 9.84. The van der Waals surface area contributed by atoms with Crippen LogP contribution in [0.25, 0.3) is 5.65 Å². The zero-order chi connectivity index (χ0) is 17.4. The van der Waals surface area contributed by atoms with Gasteiger partial charge in [-0.15, -0.1) is 15.3 Å². The summed E-state index contributed by atoms with van der Waals surface area (Å²) in [6, 6.07) is 11.4. The van der Waals surface area contributed by atoms with E-state index in [0.29, 0.717) is 31.0 Å². The second-order valence-electron chi connectivity index (χ2n) is 6.43. The molecule has 0 radical (unpaired) electrons. The third kappa shape index (κ3) is 2.85. The summed E-state index contributed by atoms with van der Waals surface area (Å²) >= 11 is 6.28. The van der Waals surface area contributed by atoms with E-state index in [-0.39, 0.29) is 0 Å². The van der Waals surface area contributed by atoms with Gasteiger partial charge in [0, 0.05) is 30.1 Å². The van der Waals surface area contributed by atoms with Crippen molar-refractivity contribution in [1.29, 1.82) is 0 Å². The number of aliphatic hydroxyl groups is 1. The summed E-state index contributed by atoms with van der Waals surface area (Å²) in [6.07, 6.45) is 2.00. The first-order valence-corrected chi connectivity index (χ1v) is 8.92. The number of hydrogen-bond acceptors (Lipinski definition) is 5. The van der Waals surface area contributed by atoms with Gasteiger partial charge in [0.15, 0.2) is 11.5 Å². The third-order valence-corrected chi connectivity index (χ3v) is 5.25. The summed E-state index contributed by atoms with van der Waals surface area (Å²) in [7, 11) is 0. The molecule has 1 aliphatic rings. The molecule has 3 aromatic rings. The Hall–Kier alpha value is -2.18. The molecule has 0 amide bonds. The predicted octanol–water partition coefficient (Wildman–Crippen LogP) is 2.83. The van der Waals surface area contributed by atoms with Gasteiger partial charge in [-0.2, -0.15) is 4.52 Å². The molecule has 6 nitrogen and oxygen atoms in total. The Morgan fingerprint density at radius 3 is 2.60 bits per heavy atom. The minimum Gasteiger partial charge on any atom is -0.385 e. The Bertz CT molecular complexity index is 901. The SMILES string of the molecule is CCc1nnc2ccc(N3CCC(O)(c4ccccc4Cl)CC3)nn12. The Kier molecular flexibility index (Phi) is 4.09. The lowest BCUT2D eigenvalue weighted by Crippen LogP contribution is -2.43. The van der Waals surface area contributed by atoms with Crippen molar-refractivity contribution in [3.8, 4) is 0 Å². The van der Waals surface area contributed by atoms with Crippen molar-refractivity contribution in [2.45, 2.75) is 31.8 Å². The summed E-state index contributed by atoms with van der Waals surface area (Å²) < 4.78 is 1.80. The lowest BCUT2D eigenvalue weighted by molar-refractivity contribution is 0.0117. The topological polar surface area (TPSA) is 66.5 Å². The van der Waals surface area contributed by atoms with Crippen molar-refractivity contribution in [2.24, 2.45) is 0 Å². The maximum absolute atomic E-state index is 11.1. The van der Waals surface area contributed by atoms with Crippen LogP contribution < -0.4 is 4.90 Å². The average Bonchev–Trinajstić information content (AvgIpc) is 3.05. The minimum atomic E-state index is -0.885. The quantitative estimate of drug-likeness (QED) is 0.780. The van der Waals surface area contributed by atoms with E-state index < -0.39 is 5.60 Å². The highest BCUT2D eigenvalue weighted by Gasteiger charge is 2.35. The first-order valence-electron chi connectivity index (χ1n) is 8.54. The van der Waals surface area contributed by atoms with Gasteiger partial charge in [0.25, 0.3) is 0 Å². The van der Waals surface area contributed by atoms with Crippen LogP contribution in [0.1, 0.15) is 31.2 Å². The molecule has 1 aromatic carbocycles. The second kappa shape index (κ2) is 6.28. The van der Waals surface area contributed by atoms with E-state index in [1.54, 1.807) is 4.52 Å². The van der Waals surface area contributed by atoms with Crippen molar-refractivity contribution in [3.05, 3.63) is 52.8 Å². The highest BCUT2D eigenvalue weighted by molar-refractivity contribution is 6.31. The highest BCUT2D eigenvalue weighted by atomic mass is 35.5. The van der Waals surface area contributed by atoms with Crippen molar-refractivity contribution in [2.75, 3.05) is 18.0 Å². The molecule has 0 unspecified atom stereocenters. The van der Waals surface area contributed by atoms with Crippen LogP contribution in [-0.2, 0) is 12.0 Å². The zero-order valence-electron chi connectivity index (χ0n) is 14.1. The fourth-order valence-corrected chi connectivity index (χ4v) is 3.74. The van der Waals surface area contributed by atoms with Crippen LogP contribution in [0.15, 0.2) is 36.4 Å². The fourth-order valence-electron chi connectivity index (χ4n) is 3.43. The molecule has 0 saturated carbocycles. The van der Waals surface area contributed by atoms with E-state index in [2.05, 4.69) is 20.2 Å². The number of aryl methyl sites for hydroxylation is 1. The Morgan fingerprint density at radius 1 is 1.12 bits per heavy atom. The number of anilines is 1. The Morgan fingerprint density at radius 2 is 1.88 bits per heavy atom. The average molecular weight is 358 g/mol. The van der Waals surface area contributed by atoms with Crippen molar-refractivity contribution >= 4 is 23.1 Å². The van der Waals surface area contributed by atoms with Crippen molar-refractivity contribution < 1.29 is 5.11 Å². The number of hydrogen-bond donors (Lipinski definition) is 1. The van der Waals surface area contributed by atoms with Crippen molar-refractivity contribution in [3.63, 3.8) is 0 Å². The molecule has 2 aromatic heterocycles. The molecule has 1 aliphatic heterocycles. The highest BCUT2D eigenvalue weighted by Crippen LogP contribution is 2.37. The van der Waals surface area contributed by atoms with Crippen molar-refractivity contribution in [1.82, 2.24) is 19.8 Å². The maximum atomic E-state index is 11.1. The van der Waals surface area contributed by atoms with E-state index in [4.69, 9.17) is 11.6 Å². The summed E-state index contributed by atoms with van der Waals surface area (Å²) in [5, 5.41) is 24.6. The smallest absolute Gasteiger partial charge is 0.178 e. The molecule has 0 spiro atoms. The third-order valence-electron chi connectivity index (χ3n) is 4.92. The van der Waals surface area contributed by atoms with E-state index >= 15 is 0 Å². The largest absolute Gasteiger partial charge is 0.385 e. The number of aromatic nitrogens is 4. The Balaban J connectivity index is 1.57. The number of fused-ring (bicyclic) bond motifs is 1. The molecule has 1 fully saturated rings. The summed E-state index contributed by atoms with van der Waals surface area (Å²) in [6.45, 7) is 3.46. The second-order valence-corrected chi connectivity index (χ2v) is 6.84. The van der Waals surface area contributed by atoms with Gasteiger partial charge in [0.2, 0.25) is 0 Å². The maximum Gasteiger partial charge on any atom is 0.178 e. The first kappa shape index (κ1) is 16.3. The number of rotatable bonds is 3. The molecule has 130 valence electrons. The molecule has 7 heteroatoms. The van der Waals surface area contributed by atoms with E-state index in [1.807, 2.05) is 43.3 Å². The van der Waals surface area contributed by atoms with Crippen LogP contribution in [-0.4, -0.2) is 38.0 Å². The van der Waals surface area contributed by atoms with Gasteiger partial charge in [-0.05, 0) is 31.0 Å². The molecular weight excluding hydrogens is 338 g/mol. The van der Waals surface area contributed by atoms with Crippen LogP contribution in [0.2, 0.25) is 5.02 Å². The Labute approximate surface area is 151 Å².